The molecule has 0 aromatic heterocycles. The largest absolute Gasteiger partial charge is 0.368 e. The highest BCUT2D eigenvalue weighted by atomic mass is 31.2. The second kappa shape index (κ2) is 11.0. The molecule has 9 heteroatoms. The van der Waals surface area contributed by atoms with Gasteiger partial charge in [0.15, 0.2) is 0 Å². The summed E-state index contributed by atoms with van der Waals surface area (Å²) in [5.74, 6) is -1.77. The maximum Gasteiger partial charge on any atom is 0.335 e. The second-order valence-corrected chi connectivity index (χ2v) is 8.58. The molecule has 0 aliphatic rings. The fourth-order valence-corrected chi connectivity index (χ4v) is 4.56. The van der Waals surface area contributed by atoms with Crippen LogP contribution in [-0.4, -0.2) is 31.1 Å². The lowest BCUT2D eigenvalue weighted by Gasteiger charge is -2.18. The molecule has 7 nitrogen and oxygen atoms in total. The maximum absolute atomic E-state index is 13.9. The monoisotopic (exact) mass is 436 g/mol. The third kappa shape index (κ3) is 6.76. The Hall–Kier alpha value is -2.54. The summed E-state index contributed by atoms with van der Waals surface area (Å²) in [4.78, 5) is 24.3. The number of primary amides is 1. The van der Waals surface area contributed by atoms with E-state index in [1.165, 1.54) is 30.3 Å². The summed E-state index contributed by atoms with van der Waals surface area (Å²) in [6.45, 7) is 3.98. The number of nitrogens with one attached hydrogen (secondary N) is 1. The molecule has 0 unspecified atom stereocenters. The lowest BCUT2D eigenvalue weighted by atomic mass is 10.0. The van der Waals surface area contributed by atoms with Gasteiger partial charge >= 0.3 is 7.60 Å². The molecular weight excluding hydrogens is 410 g/mol. The van der Waals surface area contributed by atoms with Crippen molar-refractivity contribution in [2.24, 2.45) is 5.73 Å². The molecule has 162 valence electrons. The SMILES string of the molecule is CCOP(=O)(Cc1ccc(C(=O)N[C@@H](Cc2ccccc2F)C(N)=O)cc1)OCC. The van der Waals surface area contributed by atoms with Crippen LogP contribution in [0.1, 0.15) is 35.3 Å². The Bertz CT molecular complexity index is 910. The number of carbonyl (C=O) groups is 2. The molecule has 0 aliphatic heterocycles. The molecular formula is C21H26FN2O5P. The van der Waals surface area contributed by atoms with Crippen molar-refractivity contribution in [1.82, 2.24) is 5.32 Å². The minimum Gasteiger partial charge on any atom is -0.368 e. The Kier molecular flexibility index (Phi) is 8.72. The Morgan fingerprint density at radius 3 is 2.20 bits per heavy atom. The summed E-state index contributed by atoms with van der Waals surface area (Å²) in [5.41, 5.74) is 6.61. The van der Waals surface area contributed by atoms with Gasteiger partial charge in [-0.2, -0.15) is 0 Å². The molecule has 0 saturated carbocycles. The third-order valence-corrected chi connectivity index (χ3v) is 6.33. The van der Waals surface area contributed by atoms with Gasteiger partial charge < -0.3 is 20.1 Å². The van der Waals surface area contributed by atoms with E-state index in [4.69, 9.17) is 14.8 Å². The summed E-state index contributed by atoms with van der Waals surface area (Å²) >= 11 is 0. The van der Waals surface area contributed by atoms with Crippen LogP contribution in [0, 0.1) is 5.82 Å². The molecule has 2 aromatic carbocycles. The predicted molar refractivity (Wildman–Crippen MR) is 112 cm³/mol. The van der Waals surface area contributed by atoms with E-state index in [1.807, 2.05) is 0 Å². The molecule has 30 heavy (non-hydrogen) atoms. The van der Waals surface area contributed by atoms with E-state index in [-0.39, 0.29) is 36.9 Å². The van der Waals surface area contributed by atoms with Crippen molar-refractivity contribution < 1.29 is 27.6 Å². The molecule has 0 fully saturated rings. The standard InChI is InChI=1S/C21H26FN2O5P/c1-3-28-30(27,29-4-2)14-15-9-11-16(12-10-15)21(26)24-19(20(23)25)13-17-7-5-6-8-18(17)22/h5-12,19H,3-4,13-14H2,1-2H3,(H2,23,25)(H,24,26)/t19-/m0/s1. The number of benzene rings is 2. The second-order valence-electron chi connectivity index (χ2n) is 6.53. The van der Waals surface area contributed by atoms with Crippen LogP contribution < -0.4 is 11.1 Å². The molecule has 2 amide bonds. The summed E-state index contributed by atoms with van der Waals surface area (Å²) in [5, 5.41) is 2.53. The molecule has 2 rings (SSSR count). The number of amides is 2. The van der Waals surface area contributed by atoms with Gasteiger partial charge in [0, 0.05) is 12.0 Å². The van der Waals surface area contributed by atoms with Crippen LogP contribution in [0.25, 0.3) is 0 Å². The smallest absolute Gasteiger partial charge is 0.335 e. The molecule has 0 heterocycles. The Morgan fingerprint density at radius 1 is 1.07 bits per heavy atom. The zero-order valence-corrected chi connectivity index (χ0v) is 17.9. The van der Waals surface area contributed by atoms with Gasteiger partial charge in [0.25, 0.3) is 5.91 Å². The zero-order valence-electron chi connectivity index (χ0n) is 17.0. The Morgan fingerprint density at radius 2 is 1.67 bits per heavy atom. The van der Waals surface area contributed by atoms with Gasteiger partial charge in [-0.05, 0) is 43.2 Å². The van der Waals surface area contributed by atoms with Crippen LogP contribution in [-0.2, 0) is 31.0 Å². The highest BCUT2D eigenvalue weighted by Crippen LogP contribution is 2.51. The lowest BCUT2D eigenvalue weighted by Crippen LogP contribution is -2.46. The normalized spacial score (nSPS) is 12.4. The zero-order chi connectivity index (χ0) is 22.1. The molecule has 0 aliphatic carbocycles. The fourth-order valence-electron chi connectivity index (χ4n) is 2.86. The van der Waals surface area contributed by atoms with E-state index < -0.39 is 31.3 Å². The van der Waals surface area contributed by atoms with Gasteiger partial charge in [0.2, 0.25) is 5.91 Å². The van der Waals surface area contributed by atoms with E-state index in [1.54, 1.807) is 32.0 Å². The van der Waals surface area contributed by atoms with Gasteiger partial charge in [0.1, 0.15) is 11.9 Å². The van der Waals surface area contributed by atoms with Crippen molar-refractivity contribution in [3.05, 3.63) is 71.0 Å². The number of hydrogen-bond acceptors (Lipinski definition) is 5. The molecule has 0 bridgehead atoms. The molecule has 0 spiro atoms. The highest BCUT2D eigenvalue weighted by Gasteiger charge is 2.25. The van der Waals surface area contributed by atoms with Crippen molar-refractivity contribution >= 4 is 19.4 Å². The number of carbonyl (C=O) groups excluding carboxylic acids is 2. The van der Waals surface area contributed by atoms with Crippen LogP contribution in [0.4, 0.5) is 4.39 Å². The highest BCUT2D eigenvalue weighted by molar-refractivity contribution is 7.53. The van der Waals surface area contributed by atoms with Crippen molar-refractivity contribution in [2.75, 3.05) is 13.2 Å². The summed E-state index contributed by atoms with van der Waals surface area (Å²) in [7, 11) is -3.26. The Labute approximate surface area is 175 Å². The lowest BCUT2D eigenvalue weighted by molar-refractivity contribution is -0.119. The van der Waals surface area contributed by atoms with E-state index in [2.05, 4.69) is 5.32 Å². The number of halogens is 1. The number of nitrogens with two attached hydrogens (primary N) is 1. The van der Waals surface area contributed by atoms with Gasteiger partial charge in [-0.15, -0.1) is 0 Å². The summed E-state index contributed by atoms with van der Waals surface area (Å²) < 4.78 is 37.0. The summed E-state index contributed by atoms with van der Waals surface area (Å²) in [6, 6.07) is 11.3. The van der Waals surface area contributed by atoms with Gasteiger partial charge in [-0.25, -0.2) is 4.39 Å². The average molecular weight is 436 g/mol. The van der Waals surface area contributed by atoms with Gasteiger partial charge in [0.05, 0.1) is 19.4 Å². The molecule has 2 aromatic rings. The van der Waals surface area contributed by atoms with Crippen molar-refractivity contribution in [3.8, 4) is 0 Å². The topological polar surface area (TPSA) is 108 Å². The van der Waals surface area contributed by atoms with Crippen LogP contribution in [0.5, 0.6) is 0 Å². The third-order valence-electron chi connectivity index (χ3n) is 4.27. The molecule has 1 atom stereocenters. The fraction of sp³-hybridized carbons (Fsp3) is 0.333. The maximum atomic E-state index is 13.9. The first kappa shape index (κ1) is 23.7. The predicted octanol–water partition coefficient (Wildman–Crippen LogP) is 3.42. The summed E-state index contributed by atoms with van der Waals surface area (Å²) in [6.07, 6.45) is 0.0193. The van der Waals surface area contributed by atoms with E-state index >= 15 is 0 Å². The van der Waals surface area contributed by atoms with Crippen molar-refractivity contribution in [1.29, 1.82) is 0 Å². The van der Waals surface area contributed by atoms with E-state index in [0.717, 1.165) is 0 Å². The molecule has 3 N–H and O–H groups in total. The van der Waals surface area contributed by atoms with E-state index in [0.29, 0.717) is 5.56 Å². The minimum absolute atomic E-state index is 0.0578. The van der Waals surface area contributed by atoms with Crippen LogP contribution in [0.2, 0.25) is 0 Å². The van der Waals surface area contributed by atoms with Crippen molar-refractivity contribution in [2.45, 2.75) is 32.5 Å². The minimum atomic E-state index is -3.26. The average Bonchev–Trinajstić information content (AvgIpc) is 2.69. The van der Waals surface area contributed by atoms with Gasteiger partial charge in [-0.1, -0.05) is 30.3 Å². The first-order chi connectivity index (χ1) is 14.3. The first-order valence-corrected chi connectivity index (χ1v) is 11.3. The van der Waals surface area contributed by atoms with E-state index in [9.17, 15) is 18.5 Å². The van der Waals surface area contributed by atoms with Crippen molar-refractivity contribution in [3.63, 3.8) is 0 Å². The van der Waals surface area contributed by atoms with Gasteiger partial charge in [-0.3, -0.25) is 14.2 Å². The first-order valence-electron chi connectivity index (χ1n) is 9.58. The van der Waals surface area contributed by atoms with Crippen LogP contribution >= 0.6 is 7.60 Å². The molecule has 0 radical (unpaired) electrons. The Balaban J connectivity index is 2.07. The van der Waals surface area contributed by atoms with Crippen LogP contribution in [0.3, 0.4) is 0 Å². The number of rotatable bonds is 11. The van der Waals surface area contributed by atoms with Crippen LogP contribution in [0.15, 0.2) is 48.5 Å². The molecule has 0 saturated heterocycles. The number of hydrogen-bond donors (Lipinski definition) is 2. The quantitative estimate of drug-likeness (QED) is 0.525.